The van der Waals surface area contributed by atoms with E-state index in [1.54, 1.807) is 7.11 Å². The third kappa shape index (κ3) is 3.00. The molecule has 0 atom stereocenters. The number of rotatable bonds is 3. The summed E-state index contributed by atoms with van der Waals surface area (Å²) in [7, 11) is 1.59. The van der Waals surface area contributed by atoms with Gasteiger partial charge in [-0.25, -0.2) is 0 Å². The summed E-state index contributed by atoms with van der Waals surface area (Å²) in [6.45, 7) is 4.56. The molecule has 1 spiro atoms. The smallest absolute Gasteiger partial charge is 0.138 e. The lowest BCUT2D eigenvalue weighted by atomic mass is 9.77. The molecule has 0 amide bonds. The Morgan fingerprint density at radius 1 is 1.23 bits per heavy atom. The van der Waals surface area contributed by atoms with Crippen LogP contribution in [0, 0.1) is 16.7 Å². The zero-order chi connectivity index (χ0) is 18.1. The number of benzene rings is 1. The molecule has 4 rings (SSSR count). The molecule has 0 N–H and O–H groups in total. The first-order chi connectivity index (χ1) is 12.7. The topological polar surface area (TPSA) is 52.4 Å². The van der Waals surface area contributed by atoms with Gasteiger partial charge in [0.05, 0.1) is 18.2 Å². The van der Waals surface area contributed by atoms with Crippen LogP contribution in [0.1, 0.15) is 24.8 Å². The second kappa shape index (κ2) is 6.98. The first-order valence-electron chi connectivity index (χ1n) is 9.09. The van der Waals surface area contributed by atoms with Gasteiger partial charge in [-0.3, -0.25) is 9.29 Å². The molecule has 1 aromatic heterocycles. The van der Waals surface area contributed by atoms with Crippen LogP contribution in [-0.2, 0) is 0 Å². The molecule has 3 heterocycles. The number of hydrogen-bond donors (Lipinski definition) is 0. The molecule has 6 heteroatoms. The van der Waals surface area contributed by atoms with Gasteiger partial charge in [-0.05, 0) is 43.1 Å². The highest BCUT2D eigenvalue weighted by molar-refractivity contribution is 7.96. The predicted octanol–water partition coefficient (Wildman–Crippen LogP) is 3.69. The van der Waals surface area contributed by atoms with Crippen molar-refractivity contribution in [1.29, 1.82) is 5.26 Å². The summed E-state index contributed by atoms with van der Waals surface area (Å²) in [5.41, 5.74) is 3.12. The van der Waals surface area contributed by atoms with E-state index in [0.717, 1.165) is 24.0 Å². The minimum atomic E-state index is 0.489. The minimum Gasteiger partial charge on any atom is -0.495 e. The van der Waals surface area contributed by atoms with E-state index < -0.39 is 0 Å². The van der Waals surface area contributed by atoms with Gasteiger partial charge in [0.1, 0.15) is 11.8 Å². The standard InChI is InChI=1S/C20H24N4OS/c1-25-19-12-17-16(11-15(19)13-21)18(3-7-22-17)23-8-4-20(5-9-23)6-10-24(14-20)26-2/h3,7,11-12H,4-6,8-10,14H2,1-2H3. The van der Waals surface area contributed by atoms with Crippen molar-refractivity contribution in [1.82, 2.24) is 9.29 Å². The summed E-state index contributed by atoms with van der Waals surface area (Å²) >= 11 is 1.88. The molecule has 5 nitrogen and oxygen atoms in total. The Labute approximate surface area is 159 Å². The summed E-state index contributed by atoms with van der Waals surface area (Å²) < 4.78 is 7.83. The Morgan fingerprint density at radius 2 is 2.00 bits per heavy atom. The fourth-order valence-corrected chi connectivity index (χ4v) is 5.05. The summed E-state index contributed by atoms with van der Waals surface area (Å²) in [6, 6.07) is 8.11. The van der Waals surface area contributed by atoms with Crippen LogP contribution in [0.5, 0.6) is 5.75 Å². The quantitative estimate of drug-likeness (QED) is 0.770. The fourth-order valence-electron chi connectivity index (χ4n) is 4.37. The third-order valence-corrected chi connectivity index (χ3v) is 6.81. The monoisotopic (exact) mass is 368 g/mol. The second-order valence-corrected chi connectivity index (χ2v) is 8.18. The largest absolute Gasteiger partial charge is 0.495 e. The molecule has 0 saturated carbocycles. The average Bonchev–Trinajstić information content (AvgIpc) is 3.10. The summed E-state index contributed by atoms with van der Waals surface area (Å²) in [6.07, 6.45) is 7.82. The van der Waals surface area contributed by atoms with Crippen LogP contribution >= 0.6 is 11.9 Å². The lowest BCUT2D eigenvalue weighted by Crippen LogP contribution is -2.41. The number of ether oxygens (including phenoxy) is 1. The van der Waals surface area contributed by atoms with E-state index in [-0.39, 0.29) is 0 Å². The number of methoxy groups -OCH3 is 1. The maximum absolute atomic E-state index is 9.43. The molecule has 1 aromatic carbocycles. The van der Waals surface area contributed by atoms with Crippen LogP contribution in [0.15, 0.2) is 24.4 Å². The number of nitrogens with zero attached hydrogens (tertiary/aromatic N) is 4. The van der Waals surface area contributed by atoms with E-state index in [0.29, 0.717) is 16.7 Å². The molecule has 2 aliphatic heterocycles. The van der Waals surface area contributed by atoms with Gasteiger partial charge < -0.3 is 9.64 Å². The van der Waals surface area contributed by atoms with Crippen LogP contribution in [0.3, 0.4) is 0 Å². The third-order valence-electron chi connectivity index (χ3n) is 5.99. The van der Waals surface area contributed by atoms with Gasteiger partial charge in [0.15, 0.2) is 0 Å². The maximum Gasteiger partial charge on any atom is 0.138 e. The molecular formula is C20H24N4OS. The van der Waals surface area contributed by atoms with E-state index in [1.807, 2.05) is 30.3 Å². The van der Waals surface area contributed by atoms with Gasteiger partial charge in [0, 0.05) is 49.5 Å². The van der Waals surface area contributed by atoms with E-state index in [9.17, 15) is 5.26 Å². The van der Waals surface area contributed by atoms with E-state index in [2.05, 4.69) is 32.6 Å². The van der Waals surface area contributed by atoms with E-state index in [1.165, 1.54) is 38.0 Å². The van der Waals surface area contributed by atoms with Gasteiger partial charge in [0.25, 0.3) is 0 Å². The van der Waals surface area contributed by atoms with Crippen molar-refractivity contribution in [2.45, 2.75) is 19.3 Å². The number of piperidine rings is 1. The zero-order valence-electron chi connectivity index (χ0n) is 15.4. The molecule has 0 radical (unpaired) electrons. The Hall–Kier alpha value is -1.97. The van der Waals surface area contributed by atoms with Crippen molar-refractivity contribution >= 4 is 28.5 Å². The fraction of sp³-hybridized carbons (Fsp3) is 0.500. The molecule has 0 bridgehead atoms. The van der Waals surface area contributed by atoms with E-state index >= 15 is 0 Å². The van der Waals surface area contributed by atoms with Gasteiger partial charge in [-0.1, -0.05) is 11.9 Å². The highest BCUT2D eigenvalue weighted by atomic mass is 32.2. The van der Waals surface area contributed by atoms with Crippen molar-refractivity contribution in [2.24, 2.45) is 5.41 Å². The highest BCUT2D eigenvalue weighted by Gasteiger charge is 2.40. The van der Waals surface area contributed by atoms with Crippen molar-refractivity contribution < 1.29 is 4.74 Å². The number of fused-ring (bicyclic) bond motifs is 1. The Balaban J connectivity index is 1.61. The van der Waals surface area contributed by atoms with Crippen molar-refractivity contribution in [3.05, 3.63) is 30.0 Å². The molecular weight excluding hydrogens is 344 g/mol. The number of aromatic nitrogens is 1. The first-order valence-corrected chi connectivity index (χ1v) is 10.3. The first kappa shape index (κ1) is 17.4. The van der Waals surface area contributed by atoms with Gasteiger partial charge >= 0.3 is 0 Å². The molecule has 0 aliphatic carbocycles. The Bertz CT molecular complexity index is 855. The predicted molar refractivity (Wildman–Crippen MR) is 107 cm³/mol. The van der Waals surface area contributed by atoms with Crippen LogP contribution in [-0.4, -0.2) is 48.8 Å². The Kier molecular flexibility index (Phi) is 4.68. The van der Waals surface area contributed by atoms with Gasteiger partial charge in [0.2, 0.25) is 0 Å². The zero-order valence-corrected chi connectivity index (χ0v) is 16.2. The normalized spacial score (nSPS) is 19.8. The summed E-state index contributed by atoms with van der Waals surface area (Å²) in [5.74, 6) is 0.588. The van der Waals surface area contributed by atoms with Crippen LogP contribution in [0.25, 0.3) is 10.9 Å². The number of anilines is 1. The second-order valence-electron chi connectivity index (χ2n) is 7.29. The van der Waals surface area contributed by atoms with Crippen LogP contribution < -0.4 is 9.64 Å². The number of pyridine rings is 1. The summed E-state index contributed by atoms with van der Waals surface area (Å²) in [4.78, 5) is 6.95. The van der Waals surface area contributed by atoms with Crippen molar-refractivity contribution in [3.63, 3.8) is 0 Å². The number of hydrogen-bond acceptors (Lipinski definition) is 6. The number of nitriles is 1. The van der Waals surface area contributed by atoms with Crippen LogP contribution in [0.2, 0.25) is 0 Å². The average molecular weight is 369 g/mol. The lowest BCUT2D eigenvalue weighted by Gasteiger charge is -2.40. The molecule has 136 valence electrons. The molecule has 2 aromatic rings. The van der Waals surface area contributed by atoms with Gasteiger partial charge in [-0.15, -0.1) is 0 Å². The molecule has 2 saturated heterocycles. The van der Waals surface area contributed by atoms with Gasteiger partial charge in [-0.2, -0.15) is 5.26 Å². The maximum atomic E-state index is 9.43. The molecule has 2 aliphatic rings. The molecule has 0 unspecified atom stereocenters. The van der Waals surface area contributed by atoms with Crippen molar-refractivity contribution in [2.75, 3.05) is 44.4 Å². The lowest BCUT2D eigenvalue weighted by molar-refractivity contribution is 0.237. The highest BCUT2D eigenvalue weighted by Crippen LogP contribution is 2.43. The molecule has 26 heavy (non-hydrogen) atoms. The van der Waals surface area contributed by atoms with Crippen LogP contribution in [0.4, 0.5) is 5.69 Å². The van der Waals surface area contributed by atoms with E-state index in [4.69, 9.17) is 4.74 Å². The minimum absolute atomic E-state index is 0.489. The summed E-state index contributed by atoms with van der Waals surface area (Å²) in [5, 5.41) is 10.5. The SMILES string of the molecule is COc1cc2nccc(N3CCC4(CCN(SC)C4)CC3)c2cc1C#N. The van der Waals surface area contributed by atoms with Crippen molar-refractivity contribution in [3.8, 4) is 11.8 Å². The molecule has 2 fully saturated rings. The Morgan fingerprint density at radius 3 is 2.65 bits per heavy atom.